The molecule has 0 saturated heterocycles. The number of hydrogen-bond donors (Lipinski definition) is 1. The van der Waals surface area contributed by atoms with E-state index in [9.17, 15) is 0 Å². The van der Waals surface area contributed by atoms with Crippen molar-refractivity contribution in [3.63, 3.8) is 0 Å². The Hall–Kier alpha value is -2.57. The lowest BCUT2D eigenvalue weighted by molar-refractivity contribution is 0.121. The molecule has 3 rings (SSSR count). The molecule has 27 heavy (non-hydrogen) atoms. The predicted molar refractivity (Wildman–Crippen MR) is 109 cm³/mol. The van der Waals surface area contributed by atoms with E-state index in [1.54, 1.807) is 14.2 Å². The molecule has 6 heteroatoms. The van der Waals surface area contributed by atoms with Crippen molar-refractivity contribution >= 4 is 16.5 Å². The van der Waals surface area contributed by atoms with Crippen LogP contribution < -0.4 is 15.2 Å². The summed E-state index contributed by atoms with van der Waals surface area (Å²) in [7, 11) is 3.34. The largest absolute Gasteiger partial charge is 0.497 e. The van der Waals surface area contributed by atoms with Crippen LogP contribution in [0.1, 0.15) is 21.7 Å². The Morgan fingerprint density at radius 2 is 1.63 bits per heavy atom. The van der Waals surface area contributed by atoms with Crippen molar-refractivity contribution in [2.24, 2.45) is 0 Å². The zero-order valence-corrected chi connectivity index (χ0v) is 16.4. The standard InChI is InChI=1S/C21H24N2O3S/c1-24-17-7-3-5-15(11-17)9-10-26-14-19-20(27-21(22)23-19)13-16-6-4-8-18(12-16)25-2/h3-8,11-12H,9-10,13-14H2,1-2H3,(H2,22,23). The molecule has 0 aliphatic rings. The highest BCUT2D eigenvalue weighted by molar-refractivity contribution is 7.15. The number of benzene rings is 2. The second-order valence-electron chi connectivity index (χ2n) is 6.10. The lowest BCUT2D eigenvalue weighted by Gasteiger charge is -2.07. The van der Waals surface area contributed by atoms with Gasteiger partial charge in [0.1, 0.15) is 11.5 Å². The van der Waals surface area contributed by atoms with Crippen LogP contribution in [0.4, 0.5) is 5.13 Å². The van der Waals surface area contributed by atoms with Crippen molar-refractivity contribution in [2.45, 2.75) is 19.4 Å². The van der Waals surface area contributed by atoms with Crippen LogP contribution in [-0.2, 0) is 24.2 Å². The fourth-order valence-electron chi connectivity index (χ4n) is 2.81. The van der Waals surface area contributed by atoms with Gasteiger partial charge in [0.25, 0.3) is 0 Å². The summed E-state index contributed by atoms with van der Waals surface area (Å²) in [5.41, 5.74) is 9.18. The van der Waals surface area contributed by atoms with Gasteiger partial charge in [-0.3, -0.25) is 0 Å². The summed E-state index contributed by atoms with van der Waals surface area (Å²) in [6.45, 7) is 1.07. The summed E-state index contributed by atoms with van der Waals surface area (Å²) in [6, 6.07) is 16.1. The van der Waals surface area contributed by atoms with Crippen LogP contribution in [0.25, 0.3) is 0 Å². The Morgan fingerprint density at radius 1 is 0.963 bits per heavy atom. The highest BCUT2D eigenvalue weighted by Gasteiger charge is 2.11. The Morgan fingerprint density at radius 3 is 2.33 bits per heavy atom. The monoisotopic (exact) mass is 384 g/mol. The first kappa shape index (κ1) is 19.2. The van der Waals surface area contributed by atoms with Crippen LogP contribution in [0.3, 0.4) is 0 Å². The zero-order valence-electron chi connectivity index (χ0n) is 15.6. The summed E-state index contributed by atoms with van der Waals surface area (Å²) in [6.07, 6.45) is 1.59. The van der Waals surface area contributed by atoms with Crippen molar-refractivity contribution in [1.29, 1.82) is 0 Å². The van der Waals surface area contributed by atoms with Gasteiger partial charge in [-0.05, 0) is 41.8 Å². The minimum Gasteiger partial charge on any atom is -0.497 e. The van der Waals surface area contributed by atoms with Gasteiger partial charge in [-0.25, -0.2) is 4.98 Å². The summed E-state index contributed by atoms with van der Waals surface area (Å²) in [5, 5.41) is 0.569. The molecule has 0 spiro atoms. The molecule has 3 aromatic rings. The molecule has 0 aliphatic heterocycles. The normalized spacial score (nSPS) is 10.7. The first-order chi connectivity index (χ1) is 13.2. The second kappa shape index (κ2) is 9.39. The molecule has 0 unspecified atom stereocenters. The van der Waals surface area contributed by atoms with E-state index in [1.165, 1.54) is 16.9 Å². The van der Waals surface area contributed by atoms with Crippen molar-refractivity contribution in [3.8, 4) is 11.5 Å². The molecule has 2 N–H and O–H groups in total. The van der Waals surface area contributed by atoms with Crippen LogP contribution in [-0.4, -0.2) is 25.8 Å². The van der Waals surface area contributed by atoms with E-state index in [2.05, 4.69) is 17.1 Å². The fourth-order valence-corrected chi connectivity index (χ4v) is 3.68. The summed E-state index contributed by atoms with van der Waals surface area (Å²) in [4.78, 5) is 5.57. The highest BCUT2D eigenvalue weighted by Crippen LogP contribution is 2.25. The minimum absolute atomic E-state index is 0.455. The molecule has 0 aliphatic carbocycles. The van der Waals surface area contributed by atoms with E-state index in [0.717, 1.165) is 40.5 Å². The molecule has 0 bridgehead atoms. The third-order valence-corrected chi connectivity index (χ3v) is 5.13. The quantitative estimate of drug-likeness (QED) is 0.563. The number of nitrogen functional groups attached to an aromatic ring is 1. The Labute approximate surface area is 163 Å². The minimum atomic E-state index is 0.455. The average Bonchev–Trinajstić information content (AvgIpc) is 3.04. The number of thiazole rings is 1. The number of methoxy groups -OCH3 is 2. The SMILES string of the molecule is COc1cccc(CCOCc2nc(N)sc2Cc2cccc(OC)c2)c1. The van der Waals surface area contributed by atoms with Crippen molar-refractivity contribution in [2.75, 3.05) is 26.6 Å². The number of nitrogens with zero attached hydrogens (tertiary/aromatic N) is 1. The maximum atomic E-state index is 5.93. The molecule has 142 valence electrons. The maximum absolute atomic E-state index is 5.93. The van der Waals surface area contributed by atoms with Gasteiger partial charge in [-0.15, -0.1) is 11.3 Å². The van der Waals surface area contributed by atoms with Crippen LogP contribution in [0.5, 0.6) is 11.5 Å². The van der Waals surface area contributed by atoms with Crippen molar-refractivity contribution in [1.82, 2.24) is 4.98 Å². The summed E-state index contributed by atoms with van der Waals surface area (Å²) in [5.74, 6) is 1.71. The molecule has 2 aromatic carbocycles. The second-order valence-corrected chi connectivity index (χ2v) is 7.22. The maximum Gasteiger partial charge on any atom is 0.180 e. The van der Waals surface area contributed by atoms with Crippen LogP contribution >= 0.6 is 11.3 Å². The van der Waals surface area contributed by atoms with Crippen LogP contribution in [0, 0.1) is 0 Å². The van der Waals surface area contributed by atoms with E-state index >= 15 is 0 Å². The lowest BCUT2D eigenvalue weighted by Crippen LogP contribution is -2.02. The molecule has 0 atom stereocenters. The molecule has 0 fully saturated rings. The number of ether oxygens (including phenoxy) is 3. The first-order valence-corrected chi connectivity index (χ1v) is 9.57. The molecular formula is C21H24N2O3S. The number of anilines is 1. The molecular weight excluding hydrogens is 360 g/mol. The summed E-state index contributed by atoms with van der Waals surface area (Å²) < 4.78 is 16.4. The Bertz CT molecular complexity index is 879. The van der Waals surface area contributed by atoms with E-state index in [-0.39, 0.29) is 0 Å². The average molecular weight is 385 g/mol. The van der Waals surface area contributed by atoms with Gasteiger partial charge >= 0.3 is 0 Å². The van der Waals surface area contributed by atoms with E-state index < -0.39 is 0 Å². The highest BCUT2D eigenvalue weighted by atomic mass is 32.1. The number of nitrogens with two attached hydrogens (primary N) is 1. The van der Waals surface area contributed by atoms with E-state index in [0.29, 0.717) is 18.3 Å². The molecule has 0 radical (unpaired) electrons. The van der Waals surface area contributed by atoms with E-state index in [1.807, 2.05) is 36.4 Å². The molecule has 5 nitrogen and oxygen atoms in total. The van der Waals surface area contributed by atoms with Crippen LogP contribution in [0.2, 0.25) is 0 Å². The van der Waals surface area contributed by atoms with Gasteiger partial charge in [0.2, 0.25) is 0 Å². The van der Waals surface area contributed by atoms with Crippen LogP contribution in [0.15, 0.2) is 48.5 Å². The first-order valence-electron chi connectivity index (χ1n) is 8.75. The van der Waals surface area contributed by atoms with Crippen molar-refractivity contribution < 1.29 is 14.2 Å². The number of rotatable bonds is 9. The Balaban J connectivity index is 1.57. The lowest BCUT2D eigenvalue weighted by atomic mass is 10.1. The van der Waals surface area contributed by atoms with Gasteiger partial charge in [0.15, 0.2) is 5.13 Å². The number of hydrogen-bond acceptors (Lipinski definition) is 6. The number of aromatic nitrogens is 1. The fraction of sp³-hybridized carbons (Fsp3) is 0.286. The van der Waals surface area contributed by atoms with Gasteiger partial charge in [0, 0.05) is 11.3 Å². The van der Waals surface area contributed by atoms with Gasteiger partial charge < -0.3 is 19.9 Å². The van der Waals surface area contributed by atoms with Gasteiger partial charge in [-0.2, -0.15) is 0 Å². The zero-order chi connectivity index (χ0) is 19.1. The van der Waals surface area contributed by atoms with E-state index in [4.69, 9.17) is 19.9 Å². The smallest absolute Gasteiger partial charge is 0.180 e. The van der Waals surface area contributed by atoms with Gasteiger partial charge in [0.05, 0.1) is 33.1 Å². The third kappa shape index (κ3) is 5.45. The molecule has 0 saturated carbocycles. The molecule has 1 heterocycles. The van der Waals surface area contributed by atoms with Gasteiger partial charge in [-0.1, -0.05) is 24.3 Å². The Kier molecular flexibility index (Phi) is 6.68. The predicted octanol–water partition coefficient (Wildman–Crippen LogP) is 4.09. The molecule has 0 amide bonds. The third-order valence-electron chi connectivity index (χ3n) is 4.20. The van der Waals surface area contributed by atoms with Crippen molar-refractivity contribution in [3.05, 3.63) is 70.2 Å². The molecule has 1 aromatic heterocycles. The topological polar surface area (TPSA) is 66.6 Å². The summed E-state index contributed by atoms with van der Waals surface area (Å²) >= 11 is 1.51.